The van der Waals surface area contributed by atoms with Crippen molar-refractivity contribution in [2.45, 2.75) is 44.6 Å². The second-order valence-corrected chi connectivity index (χ2v) is 6.34. The molecule has 1 saturated heterocycles. The number of likely N-dealkylation sites (tertiary alicyclic amines) is 1. The van der Waals surface area contributed by atoms with Gasteiger partial charge in [0.15, 0.2) is 0 Å². The number of nitrogens with two attached hydrogens (primary N) is 1. The zero-order valence-electron chi connectivity index (χ0n) is 12.3. The van der Waals surface area contributed by atoms with Crippen molar-refractivity contribution in [3.05, 3.63) is 35.9 Å². The van der Waals surface area contributed by atoms with Crippen LogP contribution in [0.15, 0.2) is 30.3 Å². The summed E-state index contributed by atoms with van der Waals surface area (Å²) in [5.41, 5.74) is 6.72. The third-order valence-electron chi connectivity index (χ3n) is 4.91. The van der Waals surface area contributed by atoms with Gasteiger partial charge in [-0.2, -0.15) is 0 Å². The van der Waals surface area contributed by atoms with Crippen LogP contribution in [0, 0.1) is 5.41 Å². The molecule has 2 fully saturated rings. The van der Waals surface area contributed by atoms with Gasteiger partial charge in [-0.15, -0.1) is 0 Å². The lowest BCUT2D eigenvalue weighted by molar-refractivity contribution is -0.142. The Morgan fingerprint density at radius 2 is 1.76 bits per heavy atom. The SMILES string of the molecule is NC(CN1C(=O)CC2(CCCCC2)C1=O)c1ccccc1. The fraction of sp³-hybridized carbons (Fsp3) is 0.529. The van der Waals surface area contributed by atoms with E-state index in [1.807, 2.05) is 30.3 Å². The van der Waals surface area contributed by atoms with Crippen LogP contribution in [-0.2, 0) is 9.59 Å². The van der Waals surface area contributed by atoms with E-state index in [0.29, 0.717) is 13.0 Å². The van der Waals surface area contributed by atoms with Crippen LogP contribution >= 0.6 is 0 Å². The van der Waals surface area contributed by atoms with Crippen LogP contribution in [0.2, 0.25) is 0 Å². The van der Waals surface area contributed by atoms with E-state index in [0.717, 1.165) is 31.2 Å². The second kappa shape index (κ2) is 5.60. The van der Waals surface area contributed by atoms with Crippen LogP contribution < -0.4 is 5.73 Å². The topological polar surface area (TPSA) is 63.4 Å². The van der Waals surface area contributed by atoms with Crippen LogP contribution in [0.5, 0.6) is 0 Å². The lowest BCUT2D eigenvalue weighted by Crippen LogP contribution is -2.40. The predicted octanol–water partition coefficient (Wildman–Crippen LogP) is 2.40. The van der Waals surface area contributed by atoms with Crippen molar-refractivity contribution in [2.75, 3.05) is 6.54 Å². The smallest absolute Gasteiger partial charge is 0.235 e. The van der Waals surface area contributed by atoms with Crippen LogP contribution in [0.1, 0.15) is 50.1 Å². The van der Waals surface area contributed by atoms with Gasteiger partial charge in [0, 0.05) is 19.0 Å². The molecule has 4 heteroatoms. The minimum Gasteiger partial charge on any atom is -0.322 e. The number of carbonyl (C=O) groups excluding carboxylic acids is 2. The lowest BCUT2D eigenvalue weighted by atomic mass is 9.73. The maximum Gasteiger partial charge on any atom is 0.235 e. The maximum absolute atomic E-state index is 12.7. The van der Waals surface area contributed by atoms with Crippen LogP contribution in [0.4, 0.5) is 0 Å². The highest BCUT2D eigenvalue weighted by Gasteiger charge is 2.51. The summed E-state index contributed by atoms with van der Waals surface area (Å²) in [5, 5.41) is 0. The molecule has 1 aliphatic heterocycles. The fourth-order valence-electron chi connectivity index (χ4n) is 3.67. The van der Waals surface area contributed by atoms with Gasteiger partial charge in [-0.25, -0.2) is 0 Å². The lowest BCUT2D eigenvalue weighted by Gasteiger charge is -2.31. The van der Waals surface area contributed by atoms with E-state index in [2.05, 4.69) is 0 Å². The molecule has 1 atom stereocenters. The monoisotopic (exact) mass is 286 g/mol. The van der Waals surface area contributed by atoms with Gasteiger partial charge in [-0.05, 0) is 18.4 Å². The fourth-order valence-corrected chi connectivity index (χ4v) is 3.67. The number of nitrogens with zero attached hydrogens (tertiary/aromatic N) is 1. The first-order valence-electron chi connectivity index (χ1n) is 7.78. The first-order valence-corrected chi connectivity index (χ1v) is 7.78. The van der Waals surface area contributed by atoms with E-state index in [9.17, 15) is 9.59 Å². The molecule has 21 heavy (non-hydrogen) atoms. The second-order valence-electron chi connectivity index (χ2n) is 6.34. The zero-order chi connectivity index (χ0) is 14.9. The number of imide groups is 1. The van der Waals surface area contributed by atoms with Crippen LogP contribution in [0.25, 0.3) is 0 Å². The summed E-state index contributed by atoms with van der Waals surface area (Å²) >= 11 is 0. The Balaban J connectivity index is 1.74. The number of hydrogen-bond donors (Lipinski definition) is 1. The highest BCUT2D eigenvalue weighted by molar-refractivity contribution is 6.06. The first kappa shape index (κ1) is 14.3. The zero-order valence-corrected chi connectivity index (χ0v) is 12.3. The molecule has 0 bridgehead atoms. The molecule has 1 spiro atoms. The van der Waals surface area contributed by atoms with Crippen molar-refractivity contribution in [2.24, 2.45) is 11.1 Å². The highest BCUT2D eigenvalue weighted by Crippen LogP contribution is 2.45. The van der Waals surface area contributed by atoms with Gasteiger partial charge < -0.3 is 5.73 Å². The highest BCUT2D eigenvalue weighted by atomic mass is 16.2. The largest absolute Gasteiger partial charge is 0.322 e. The van der Waals surface area contributed by atoms with Crippen molar-refractivity contribution in [1.82, 2.24) is 4.90 Å². The van der Waals surface area contributed by atoms with E-state index in [1.165, 1.54) is 11.3 Å². The normalized spacial score (nSPS) is 22.8. The Kier molecular flexibility index (Phi) is 3.81. The Labute approximate surface area is 125 Å². The number of rotatable bonds is 3. The van der Waals surface area contributed by atoms with Gasteiger partial charge in [-0.1, -0.05) is 49.6 Å². The number of hydrogen-bond acceptors (Lipinski definition) is 3. The quantitative estimate of drug-likeness (QED) is 0.868. The molecule has 1 unspecified atom stereocenters. The summed E-state index contributed by atoms with van der Waals surface area (Å²) in [6.07, 6.45) is 5.37. The van der Waals surface area contributed by atoms with Gasteiger partial charge in [-0.3, -0.25) is 14.5 Å². The summed E-state index contributed by atoms with van der Waals surface area (Å²) in [6, 6.07) is 9.34. The maximum atomic E-state index is 12.7. The van der Waals surface area contributed by atoms with Crippen molar-refractivity contribution < 1.29 is 9.59 Å². The average Bonchev–Trinajstić information content (AvgIpc) is 2.73. The van der Waals surface area contributed by atoms with Gasteiger partial charge in [0.25, 0.3) is 0 Å². The molecule has 1 heterocycles. The van der Waals surface area contributed by atoms with E-state index in [4.69, 9.17) is 5.73 Å². The predicted molar refractivity (Wildman–Crippen MR) is 80.2 cm³/mol. The van der Waals surface area contributed by atoms with Crippen molar-refractivity contribution in [3.63, 3.8) is 0 Å². The van der Waals surface area contributed by atoms with Crippen molar-refractivity contribution in [3.8, 4) is 0 Å². The molecule has 1 aromatic rings. The molecule has 1 saturated carbocycles. The Hall–Kier alpha value is -1.68. The van der Waals surface area contributed by atoms with Crippen LogP contribution in [-0.4, -0.2) is 23.3 Å². The molecule has 2 aliphatic rings. The molecule has 1 aliphatic carbocycles. The summed E-state index contributed by atoms with van der Waals surface area (Å²) < 4.78 is 0. The number of carbonyl (C=O) groups is 2. The Morgan fingerprint density at radius 1 is 1.10 bits per heavy atom. The van der Waals surface area contributed by atoms with E-state index in [-0.39, 0.29) is 17.9 Å². The summed E-state index contributed by atoms with van der Waals surface area (Å²) in [5.74, 6) is -0.0353. The minimum atomic E-state index is -0.411. The van der Waals surface area contributed by atoms with E-state index < -0.39 is 5.41 Å². The minimum absolute atomic E-state index is 0.0126. The molecule has 3 rings (SSSR count). The van der Waals surface area contributed by atoms with Gasteiger partial charge >= 0.3 is 0 Å². The number of amides is 2. The Bertz CT molecular complexity index is 535. The van der Waals surface area contributed by atoms with E-state index >= 15 is 0 Å². The Morgan fingerprint density at radius 3 is 2.43 bits per heavy atom. The molecule has 2 N–H and O–H groups in total. The summed E-state index contributed by atoms with van der Waals surface area (Å²) in [7, 11) is 0. The third kappa shape index (κ3) is 2.60. The molecule has 1 aromatic carbocycles. The average molecular weight is 286 g/mol. The van der Waals surface area contributed by atoms with Gasteiger partial charge in [0.2, 0.25) is 11.8 Å². The van der Waals surface area contributed by atoms with Gasteiger partial charge in [0.1, 0.15) is 0 Å². The molecule has 4 nitrogen and oxygen atoms in total. The molecular weight excluding hydrogens is 264 g/mol. The standard InChI is InChI=1S/C17H22N2O2/c18-14(13-7-3-1-4-8-13)12-19-15(20)11-17(16(19)21)9-5-2-6-10-17/h1,3-4,7-8,14H,2,5-6,9-12,18H2. The molecular formula is C17H22N2O2. The van der Waals surface area contributed by atoms with E-state index in [1.54, 1.807) is 0 Å². The van der Waals surface area contributed by atoms with Crippen molar-refractivity contribution in [1.29, 1.82) is 0 Å². The third-order valence-corrected chi connectivity index (χ3v) is 4.91. The van der Waals surface area contributed by atoms with Crippen LogP contribution in [0.3, 0.4) is 0 Å². The summed E-state index contributed by atoms with van der Waals surface area (Å²) in [6.45, 7) is 0.295. The first-order chi connectivity index (χ1) is 10.1. The molecule has 2 amide bonds. The molecule has 0 radical (unpaired) electrons. The summed E-state index contributed by atoms with van der Waals surface area (Å²) in [4.78, 5) is 26.4. The number of benzene rings is 1. The van der Waals surface area contributed by atoms with Gasteiger partial charge in [0.05, 0.1) is 5.41 Å². The molecule has 112 valence electrons. The molecule has 0 aromatic heterocycles. The van der Waals surface area contributed by atoms with Crippen molar-refractivity contribution >= 4 is 11.8 Å².